The van der Waals surface area contributed by atoms with Crippen LogP contribution in [-0.2, 0) is 13.6 Å². The lowest BCUT2D eigenvalue weighted by Gasteiger charge is -2.13. The first kappa shape index (κ1) is 12.8. The number of aromatic nitrogens is 4. The van der Waals surface area contributed by atoms with E-state index in [0.29, 0.717) is 0 Å². The zero-order valence-corrected chi connectivity index (χ0v) is 11.3. The van der Waals surface area contributed by atoms with Gasteiger partial charge < -0.3 is 5.32 Å². The second-order valence-electron chi connectivity index (χ2n) is 4.44. The van der Waals surface area contributed by atoms with Gasteiger partial charge in [-0.3, -0.25) is 9.36 Å². The van der Waals surface area contributed by atoms with Crippen LogP contribution in [0.2, 0.25) is 0 Å². The molecule has 0 aliphatic carbocycles. The van der Waals surface area contributed by atoms with E-state index >= 15 is 0 Å². The summed E-state index contributed by atoms with van der Waals surface area (Å²) in [6.45, 7) is 6.12. The minimum absolute atomic E-state index is 0.127. The van der Waals surface area contributed by atoms with Crippen molar-refractivity contribution in [3.63, 3.8) is 0 Å². The molecule has 2 aromatic heterocycles. The molecule has 1 N–H and O–H groups in total. The molecule has 0 bridgehead atoms. The molecular weight excluding hydrogens is 226 g/mol. The van der Waals surface area contributed by atoms with Crippen molar-refractivity contribution in [1.29, 1.82) is 0 Å². The molecule has 18 heavy (non-hydrogen) atoms. The van der Waals surface area contributed by atoms with Gasteiger partial charge in [0.05, 0.1) is 17.9 Å². The molecule has 1 atom stereocenters. The molecule has 0 radical (unpaired) electrons. The lowest BCUT2D eigenvalue weighted by atomic mass is 10.1. The maximum Gasteiger partial charge on any atom is 0.0840 e. The Morgan fingerprint density at radius 3 is 2.83 bits per heavy atom. The van der Waals surface area contributed by atoms with Crippen LogP contribution in [0.25, 0.3) is 0 Å². The van der Waals surface area contributed by atoms with Gasteiger partial charge in [-0.05, 0) is 19.0 Å². The Kier molecular flexibility index (Phi) is 4.15. The molecule has 0 aromatic carbocycles. The Morgan fingerprint density at radius 1 is 1.39 bits per heavy atom. The summed E-state index contributed by atoms with van der Waals surface area (Å²) in [6.07, 6.45) is 7.09. The molecule has 5 heteroatoms. The average Bonchev–Trinajstić information content (AvgIpc) is 2.96. The van der Waals surface area contributed by atoms with Gasteiger partial charge in [0.1, 0.15) is 0 Å². The molecule has 0 aliphatic rings. The summed E-state index contributed by atoms with van der Waals surface area (Å²) >= 11 is 0. The monoisotopic (exact) mass is 247 g/mol. The van der Waals surface area contributed by atoms with Gasteiger partial charge in [0.2, 0.25) is 0 Å². The van der Waals surface area contributed by atoms with Gasteiger partial charge in [-0.1, -0.05) is 13.8 Å². The third-order valence-electron chi connectivity index (χ3n) is 2.88. The SMILES string of the molecule is CCCn1cc(C(NCC)c2ccn(C)n2)cn1. The average molecular weight is 247 g/mol. The van der Waals surface area contributed by atoms with Crippen LogP contribution >= 0.6 is 0 Å². The highest BCUT2D eigenvalue weighted by Gasteiger charge is 2.17. The molecule has 0 spiro atoms. The molecule has 0 aliphatic heterocycles. The summed E-state index contributed by atoms with van der Waals surface area (Å²) in [5.41, 5.74) is 2.21. The number of hydrogen-bond acceptors (Lipinski definition) is 3. The first-order chi connectivity index (χ1) is 8.74. The van der Waals surface area contributed by atoms with E-state index in [4.69, 9.17) is 0 Å². The third-order valence-corrected chi connectivity index (χ3v) is 2.88. The summed E-state index contributed by atoms with van der Waals surface area (Å²) in [7, 11) is 1.94. The second kappa shape index (κ2) is 5.82. The van der Waals surface area contributed by atoms with Crippen molar-refractivity contribution < 1.29 is 0 Å². The van der Waals surface area contributed by atoms with Crippen molar-refractivity contribution in [2.45, 2.75) is 32.9 Å². The summed E-state index contributed by atoms with van der Waals surface area (Å²) < 4.78 is 3.82. The van der Waals surface area contributed by atoms with E-state index in [1.165, 1.54) is 5.56 Å². The number of aryl methyl sites for hydroxylation is 2. The first-order valence-corrected chi connectivity index (χ1v) is 6.49. The zero-order chi connectivity index (χ0) is 13.0. The van der Waals surface area contributed by atoms with Gasteiger partial charge in [-0.25, -0.2) is 0 Å². The largest absolute Gasteiger partial charge is 0.305 e. The van der Waals surface area contributed by atoms with Crippen LogP contribution < -0.4 is 5.32 Å². The van der Waals surface area contributed by atoms with Crippen LogP contribution in [0, 0.1) is 0 Å². The summed E-state index contributed by atoms with van der Waals surface area (Å²) in [4.78, 5) is 0. The van der Waals surface area contributed by atoms with Gasteiger partial charge in [0.25, 0.3) is 0 Å². The highest BCUT2D eigenvalue weighted by atomic mass is 15.3. The van der Waals surface area contributed by atoms with E-state index in [1.54, 1.807) is 0 Å². The molecular formula is C13H21N5. The number of nitrogens with zero attached hydrogens (tertiary/aromatic N) is 4. The van der Waals surface area contributed by atoms with E-state index in [-0.39, 0.29) is 6.04 Å². The van der Waals surface area contributed by atoms with Crippen molar-refractivity contribution in [2.75, 3.05) is 6.54 Å². The Balaban J connectivity index is 2.23. The third kappa shape index (κ3) is 2.79. The molecule has 0 amide bonds. The van der Waals surface area contributed by atoms with Gasteiger partial charge in [-0.2, -0.15) is 10.2 Å². The fraction of sp³-hybridized carbons (Fsp3) is 0.538. The topological polar surface area (TPSA) is 47.7 Å². The molecule has 0 saturated carbocycles. The standard InChI is InChI=1S/C13H21N5/c1-4-7-18-10-11(9-15-18)13(14-5-2)12-6-8-17(3)16-12/h6,8-10,13-14H,4-5,7H2,1-3H3. The molecule has 98 valence electrons. The minimum Gasteiger partial charge on any atom is -0.305 e. The van der Waals surface area contributed by atoms with Crippen molar-refractivity contribution in [3.8, 4) is 0 Å². The summed E-state index contributed by atoms with van der Waals surface area (Å²) in [5, 5.41) is 12.3. The quantitative estimate of drug-likeness (QED) is 0.845. The molecule has 2 rings (SSSR count). The maximum absolute atomic E-state index is 4.48. The zero-order valence-electron chi connectivity index (χ0n) is 11.3. The van der Waals surface area contributed by atoms with Gasteiger partial charge in [-0.15, -0.1) is 0 Å². The van der Waals surface area contributed by atoms with Crippen molar-refractivity contribution in [3.05, 3.63) is 35.9 Å². The second-order valence-corrected chi connectivity index (χ2v) is 4.44. The molecule has 1 unspecified atom stereocenters. The van der Waals surface area contributed by atoms with Crippen LogP contribution in [0.5, 0.6) is 0 Å². The van der Waals surface area contributed by atoms with Gasteiger partial charge in [0.15, 0.2) is 0 Å². The van der Waals surface area contributed by atoms with E-state index in [0.717, 1.165) is 25.2 Å². The smallest absolute Gasteiger partial charge is 0.0840 e. The van der Waals surface area contributed by atoms with Crippen LogP contribution in [0.3, 0.4) is 0 Å². The predicted octanol–water partition coefficient (Wildman–Crippen LogP) is 1.73. The normalized spacial score (nSPS) is 12.8. The number of nitrogens with one attached hydrogen (secondary N) is 1. The highest BCUT2D eigenvalue weighted by molar-refractivity contribution is 5.22. The van der Waals surface area contributed by atoms with Crippen molar-refractivity contribution >= 4 is 0 Å². The Morgan fingerprint density at radius 2 is 2.22 bits per heavy atom. The summed E-state index contributed by atoms with van der Waals surface area (Å²) in [5.74, 6) is 0. The van der Waals surface area contributed by atoms with Crippen LogP contribution in [0.4, 0.5) is 0 Å². The maximum atomic E-state index is 4.48. The fourth-order valence-electron chi connectivity index (χ4n) is 2.06. The number of hydrogen-bond donors (Lipinski definition) is 1. The molecule has 0 fully saturated rings. The van der Waals surface area contributed by atoms with E-state index in [2.05, 4.69) is 35.6 Å². The van der Waals surface area contributed by atoms with Crippen molar-refractivity contribution in [1.82, 2.24) is 24.9 Å². The Labute approximate surface area is 108 Å². The van der Waals surface area contributed by atoms with Crippen LogP contribution in [-0.4, -0.2) is 26.1 Å². The van der Waals surface area contributed by atoms with Crippen molar-refractivity contribution in [2.24, 2.45) is 7.05 Å². The van der Waals surface area contributed by atoms with Gasteiger partial charge >= 0.3 is 0 Å². The van der Waals surface area contributed by atoms with E-state index in [9.17, 15) is 0 Å². The first-order valence-electron chi connectivity index (χ1n) is 6.49. The fourth-order valence-corrected chi connectivity index (χ4v) is 2.06. The molecule has 0 saturated heterocycles. The summed E-state index contributed by atoms with van der Waals surface area (Å²) in [6, 6.07) is 2.17. The van der Waals surface area contributed by atoms with Gasteiger partial charge in [0, 0.05) is 31.5 Å². The lowest BCUT2D eigenvalue weighted by Crippen LogP contribution is -2.22. The molecule has 2 aromatic rings. The van der Waals surface area contributed by atoms with Crippen LogP contribution in [0.15, 0.2) is 24.7 Å². The lowest BCUT2D eigenvalue weighted by molar-refractivity contribution is 0.588. The highest BCUT2D eigenvalue weighted by Crippen LogP contribution is 2.19. The predicted molar refractivity (Wildman–Crippen MR) is 71.2 cm³/mol. The van der Waals surface area contributed by atoms with E-state index < -0.39 is 0 Å². The van der Waals surface area contributed by atoms with E-state index in [1.807, 2.05) is 34.9 Å². The Bertz CT molecular complexity index is 485. The Hall–Kier alpha value is -1.62. The molecule has 2 heterocycles. The van der Waals surface area contributed by atoms with Crippen LogP contribution in [0.1, 0.15) is 37.6 Å². The molecule has 5 nitrogen and oxygen atoms in total. The number of rotatable bonds is 6. The minimum atomic E-state index is 0.127.